The molecule has 0 N–H and O–H groups in total. The topological polar surface area (TPSA) is 39.4 Å². The van der Waals surface area contributed by atoms with Crippen molar-refractivity contribution in [1.29, 1.82) is 0 Å². The van der Waals surface area contributed by atoms with E-state index in [1.54, 1.807) is 12.1 Å². The third-order valence-corrected chi connectivity index (χ3v) is 7.62. The lowest BCUT2D eigenvalue weighted by Crippen LogP contribution is -2.15. The second kappa shape index (κ2) is 14.5. The minimum Gasteiger partial charge on any atom is -0.490 e. The largest absolute Gasteiger partial charge is 0.490 e. The third kappa shape index (κ3) is 8.13. The summed E-state index contributed by atoms with van der Waals surface area (Å²) in [6.45, 7) is 4.84. The molecule has 1 aromatic carbocycles. The fourth-order valence-electron chi connectivity index (χ4n) is 5.41. The first kappa shape index (κ1) is 26.8. The highest BCUT2D eigenvalue weighted by Gasteiger charge is 2.21. The van der Waals surface area contributed by atoms with Gasteiger partial charge < -0.3 is 9.15 Å². The predicted octanol–water partition coefficient (Wildman–Crippen LogP) is 8.99. The summed E-state index contributed by atoms with van der Waals surface area (Å²) in [5, 5.41) is 0.610. The molecular weight excluding hydrogens is 427 g/mol. The van der Waals surface area contributed by atoms with Crippen LogP contribution in [0.25, 0.3) is 10.8 Å². The summed E-state index contributed by atoms with van der Waals surface area (Å²) in [6, 6.07) is 5.25. The number of aryl methyl sites for hydroxylation is 1. The number of hydrogen-bond acceptors (Lipinski definition) is 3. The van der Waals surface area contributed by atoms with E-state index in [0.717, 1.165) is 38.0 Å². The van der Waals surface area contributed by atoms with Crippen LogP contribution in [0.2, 0.25) is 0 Å². The van der Waals surface area contributed by atoms with Crippen molar-refractivity contribution < 1.29 is 13.5 Å². The summed E-state index contributed by atoms with van der Waals surface area (Å²) in [4.78, 5) is 12.6. The molecule has 1 aromatic heterocycles. The monoisotopic (exact) mass is 472 g/mol. The molecule has 34 heavy (non-hydrogen) atoms. The predicted molar refractivity (Wildman–Crippen MR) is 139 cm³/mol. The highest BCUT2D eigenvalue weighted by atomic mass is 19.1. The van der Waals surface area contributed by atoms with Crippen LogP contribution in [0.5, 0.6) is 5.75 Å². The maximum Gasteiger partial charge on any atom is 0.346 e. The molecule has 1 aliphatic rings. The molecular formula is C30H45FO3. The highest BCUT2D eigenvalue weighted by molar-refractivity contribution is 5.83. The molecule has 0 radical (unpaired) electrons. The van der Waals surface area contributed by atoms with Gasteiger partial charge in [0.05, 0.1) is 6.61 Å². The lowest BCUT2D eigenvalue weighted by Gasteiger charge is -2.28. The Hall–Kier alpha value is -1.84. The molecule has 0 spiro atoms. The van der Waals surface area contributed by atoms with Crippen LogP contribution in [0.3, 0.4) is 0 Å². The Labute approximate surface area is 205 Å². The average Bonchev–Trinajstić information content (AvgIpc) is 2.84. The van der Waals surface area contributed by atoms with Crippen molar-refractivity contribution in [1.82, 2.24) is 0 Å². The van der Waals surface area contributed by atoms with Crippen LogP contribution < -0.4 is 10.4 Å². The van der Waals surface area contributed by atoms with E-state index in [0.29, 0.717) is 23.7 Å². The van der Waals surface area contributed by atoms with Gasteiger partial charge in [0.2, 0.25) is 0 Å². The maximum absolute atomic E-state index is 14.9. The van der Waals surface area contributed by atoms with Crippen LogP contribution >= 0.6 is 0 Å². The fraction of sp³-hybridized carbons (Fsp3) is 0.700. The molecule has 0 amide bonds. The van der Waals surface area contributed by atoms with Gasteiger partial charge in [0.15, 0.2) is 11.6 Å². The van der Waals surface area contributed by atoms with Gasteiger partial charge in [-0.3, -0.25) is 0 Å². The lowest BCUT2D eigenvalue weighted by molar-refractivity contribution is 0.245. The van der Waals surface area contributed by atoms with Crippen LogP contribution in [0.4, 0.5) is 4.39 Å². The molecule has 3 rings (SSSR count). The van der Waals surface area contributed by atoms with Gasteiger partial charge in [-0.15, -0.1) is 0 Å². The number of benzene rings is 1. The molecule has 3 nitrogen and oxygen atoms in total. The number of rotatable bonds is 15. The first-order chi connectivity index (χ1) is 16.6. The molecule has 0 atom stereocenters. The van der Waals surface area contributed by atoms with E-state index >= 15 is 0 Å². The Morgan fingerprint density at radius 1 is 0.882 bits per heavy atom. The molecule has 1 heterocycles. The Morgan fingerprint density at radius 3 is 2.26 bits per heavy atom. The zero-order valence-corrected chi connectivity index (χ0v) is 21.5. The normalized spacial score (nSPS) is 18.4. The minimum absolute atomic E-state index is 0.00643. The Bertz CT molecular complexity index is 911. The van der Waals surface area contributed by atoms with Gasteiger partial charge in [0.1, 0.15) is 11.1 Å². The lowest BCUT2D eigenvalue weighted by atomic mass is 9.78. The summed E-state index contributed by atoms with van der Waals surface area (Å²) in [5.74, 6) is 1.82. The van der Waals surface area contributed by atoms with Crippen molar-refractivity contribution in [3.8, 4) is 5.75 Å². The second-order valence-corrected chi connectivity index (χ2v) is 10.4. The van der Waals surface area contributed by atoms with E-state index in [4.69, 9.17) is 9.15 Å². The molecule has 1 fully saturated rings. The van der Waals surface area contributed by atoms with Crippen LogP contribution in [0.1, 0.15) is 116 Å². The zero-order chi connectivity index (χ0) is 24.2. The summed E-state index contributed by atoms with van der Waals surface area (Å²) < 4.78 is 25.9. The number of ether oxygens (including phenoxy) is 1. The van der Waals surface area contributed by atoms with Crippen LogP contribution in [0.15, 0.2) is 27.4 Å². The smallest absolute Gasteiger partial charge is 0.346 e. The summed E-state index contributed by atoms with van der Waals surface area (Å²) in [7, 11) is 0. The highest BCUT2D eigenvalue weighted by Crippen LogP contribution is 2.34. The molecule has 1 aliphatic carbocycles. The van der Waals surface area contributed by atoms with Crippen molar-refractivity contribution in [2.24, 2.45) is 11.8 Å². The van der Waals surface area contributed by atoms with Crippen molar-refractivity contribution in [3.63, 3.8) is 0 Å². The van der Waals surface area contributed by atoms with E-state index in [9.17, 15) is 9.18 Å². The average molecular weight is 473 g/mol. The number of unbranched alkanes of at least 4 members (excludes halogenated alkanes) is 7. The third-order valence-electron chi connectivity index (χ3n) is 7.62. The van der Waals surface area contributed by atoms with Crippen LogP contribution in [0, 0.1) is 17.7 Å². The fourth-order valence-corrected chi connectivity index (χ4v) is 5.41. The van der Waals surface area contributed by atoms with Crippen molar-refractivity contribution in [2.45, 2.75) is 117 Å². The van der Waals surface area contributed by atoms with Gasteiger partial charge in [-0.05, 0) is 42.2 Å². The van der Waals surface area contributed by atoms with E-state index in [1.165, 1.54) is 70.6 Å². The van der Waals surface area contributed by atoms with Gasteiger partial charge in [-0.1, -0.05) is 103 Å². The van der Waals surface area contributed by atoms with Gasteiger partial charge in [0.25, 0.3) is 0 Å². The Balaban J connectivity index is 1.45. The van der Waals surface area contributed by atoms with Crippen molar-refractivity contribution >= 4 is 10.8 Å². The summed E-state index contributed by atoms with van der Waals surface area (Å²) >= 11 is 0. The Kier molecular flexibility index (Phi) is 11.4. The van der Waals surface area contributed by atoms with Gasteiger partial charge >= 0.3 is 5.63 Å². The quantitative estimate of drug-likeness (QED) is 0.243. The summed E-state index contributed by atoms with van der Waals surface area (Å²) in [5.41, 5.74) is -0.591. The molecule has 2 aromatic rings. The second-order valence-electron chi connectivity index (χ2n) is 10.4. The maximum atomic E-state index is 14.9. The first-order valence-corrected chi connectivity index (χ1v) is 14.0. The van der Waals surface area contributed by atoms with E-state index < -0.39 is 11.4 Å². The first-order valence-electron chi connectivity index (χ1n) is 14.0. The number of hydrogen-bond donors (Lipinski definition) is 0. The van der Waals surface area contributed by atoms with Gasteiger partial charge in [0, 0.05) is 6.42 Å². The molecule has 0 unspecified atom stereocenters. The van der Waals surface area contributed by atoms with E-state index in [2.05, 4.69) is 13.8 Å². The molecule has 0 bridgehead atoms. The standard InChI is InChI=1S/C30H45FO3/c1-3-5-7-8-9-10-12-23-13-15-24(16-14-23)17-19-26-22-25-18-20-27(33-21-11-6-4-2)29(31)28(25)30(32)34-26/h18,20,22-24H,3-17,19,21H2,1-2H3. The minimum atomic E-state index is -0.599. The SMILES string of the molecule is CCCCCCCCC1CCC(CCc2cc3ccc(OCCCCC)c(F)c3c(=O)o2)CC1. The van der Waals surface area contributed by atoms with E-state index in [-0.39, 0.29) is 11.1 Å². The summed E-state index contributed by atoms with van der Waals surface area (Å²) in [6.07, 6.45) is 19.7. The van der Waals surface area contributed by atoms with Crippen molar-refractivity contribution in [3.05, 3.63) is 40.2 Å². The van der Waals surface area contributed by atoms with Crippen LogP contribution in [-0.2, 0) is 6.42 Å². The number of halogens is 1. The van der Waals surface area contributed by atoms with Crippen LogP contribution in [-0.4, -0.2) is 6.61 Å². The van der Waals surface area contributed by atoms with Gasteiger partial charge in [-0.25, -0.2) is 9.18 Å². The Morgan fingerprint density at radius 2 is 1.53 bits per heavy atom. The molecule has 4 heteroatoms. The van der Waals surface area contributed by atoms with E-state index in [1.807, 2.05) is 6.07 Å². The van der Waals surface area contributed by atoms with Gasteiger partial charge in [-0.2, -0.15) is 0 Å². The molecule has 0 saturated heterocycles. The number of fused-ring (bicyclic) bond motifs is 1. The molecule has 0 aliphatic heterocycles. The molecule has 1 saturated carbocycles. The van der Waals surface area contributed by atoms with Crippen molar-refractivity contribution in [2.75, 3.05) is 6.61 Å². The molecule has 190 valence electrons. The zero-order valence-electron chi connectivity index (χ0n) is 21.5.